The fourth-order valence-corrected chi connectivity index (χ4v) is 1.61. The van der Waals surface area contributed by atoms with Gasteiger partial charge in [0, 0.05) is 6.07 Å². The Bertz CT molecular complexity index is 319. The first-order valence-corrected chi connectivity index (χ1v) is 5.10. The molecular weight excluding hydrogens is 194 g/mol. The van der Waals surface area contributed by atoms with E-state index in [2.05, 4.69) is 0 Å². The lowest BCUT2D eigenvalue weighted by Gasteiger charge is -2.10. The molecule has 0 aliphatic carbocycles. The van der Waals surface area contributed by atoms with Gasteiger partial charge in [0.15, 0.2) is 11.5 Å². The van der Waals surface area contributed by atoms with Gasteiger partial charge in [0.1, 0.15) is 5.75 Å². The van der Waals surface area contributed by atoms with E-state index in [1.54, 1.807) is 0 Å². The van der Waals surface area contributed by atoms with Crippen LogP contribution in [0.2, 0.25) is 0 Å². The van der Waals surface area contributed by atoms with Gasteiger partial charge in [-0.3, -0.25) is 0 Å². The molecule has 2 N–H and O–H groups in total. The number of nitrogens with two attached hydrogens (primary N) is 1. The maximum absolute atomic E-state index is 5.54. The molecular formula is C11H15NO3. The summed E-state index contributed by atoms with van der Waals surface area (Å²) in [6.45, 7) is 3.47. The zero-order chi connectivity index (χ0) is 10.7. The molecule has 0 spiro atoms. The Morgan fingerprint density at radius 1 is 1.33 bits per heavy atom. The van der Waals surface area contributed by atoms with Crippen molar-refractivity contribution in [2.45, 2.75) is 13.3 Å². The predicted molar refractivity (Wildman–Crippen MR) is 56.5 cm³/mol. The van der Waals surface area contributed by atoms with Gasteiger partial charge in [-0.2, -0.15) is 0 Å². The first-order valence-electron chi connectivity index (χ1n) is 5.10. The second-order valence-corrected chi connectivity index (χ2v) is 3.28. The monoisotopic (exact) mass is 209 g/mol. The summed E-state index contributed by atoms with van der Waals surface area (Å²) in [7, 11) is 0. The van der Waals surface area contributed by atoms with Crippen LogP contribution in [0.5, 0.6) is 17.2 Å². The number of ether oxygens (including phenoxy) is 3. The van der Waals surface area contributed by atoms with Crippen LogP contribution in [0.15, 0.2) is 12.1 Å². The highest BCUT2D eigenvalue weighted by molar-refractivity contribution is 5.51. The van der Waals surface area contributed by atoms with E-state index < -0.39 is 0 Å². The summed E-state index contributed by atoms with van der Waals surface area (Å²) in [5.41, 5.74) is 6.62. The van der Waals surface area contributed by atoms with E-state index in [9.17, 15) is 0 Å². The largest absolute Gasteiger partial charge is 0.493 e. The Balaban J connectivity index is 2.33. The maximum Gasteiger partial charge on any atom is 0.231 e. The number of fused-ring (bicyclic) bond motifs is 1. The van der Waals surface area contributed by atoms with Crippen molar-refractivity contribution in [2.75, 3.05) is 19.9 Å². The molecule has 0 fully saturated rings. The standard InChI is InChI=1S/C11H15NO3/c1-2-13-9-6-11-10(14-7-15-11)5-8(9)3-4-12/h5-6H,2-4,7,12H2,1H3. The summed E-state index contributed by atoms with van der Waals surface area (Å²) < 4.78 is 16.1. The SMILES string of the molecule is CCOc1cc2c(cc1CCN)OCO2. The molecule has 1 heterocycles. The average molecular weight is 209 g/mol. The van der Waals surface area contributed by atoms with E-state index in [0.717, 1.165) is 29.2 Å². The van der Waals surface area contributed by atoms with Gasteiger partial charge in [-0.15, -0.1) is 0 Å². The van der Waals surface area contributed by atoms with Gasteiger partial charge >= 0.3 is 0 Å². The zero-order valence-corrected chi connectivity index (χ0v) is 8.79. The quantitative estimate of drug-likeness (QED) is 0.812. The minimum Gasteiger partial charge on any atom is -0.493 e. The Kier molecular flexibility index (Phi) is 2.97. The van der Waals surface area contributed by atoms with E-state index >= 15 is 0 Å². The third-order valence-corrected chi connectivity index (χ3v) is 2.27. The molecule has 0 aromatic heterocycles. The van der Waals surface area contributed by atoms with Gasteiger partial charge < -0.3 is 19.9 Å². The summed E-state index contributed by atoms with van der Waals surface area (Å²) in [4.78, 5) is 0. The molecule has 1 aliphatic rings. The smallest absolute Gasteiger partial charge is 0.231 e. The molecule has 0 unspecified atom stereocenters. The molecule has 0 bridgehead atoms. The highest BCUT2D eigenvalue weighted by Crippen LogP contribution is 2.38. The lowest BCUT2D eigenvalue weighted by Crippen LogP contribution is -2.05. The minimum absolute atomic E-state index is 0.285. The molecule has 0 atom stereocenters. The van der Waals surface area contributed by atoms with Crippen LogP contribution in [0.1, 0.15) is 12.5 Å². The highest BCUT2D eigenvalue weighted by Gasteiger charge is 2.17. The Hall–Kier alpha value is -1.42. The number of benzene rings is 1. The van der Waals surface area contributed by atoms with Crippen LogP contribution in [0.4, 0.5) is 0 Å². The first-order chi connectivity index (χ1) is 7.35. The van der Waals surface area contributed by atoms with Crippen molar-refractivity contribution in [3.8, 4) is 17.2 Å². The van der Waals surface area contributed by atoms with Crippen molar-refractivity contribution in [3.05, 3.63) is 17.7 Å². The van der Waals surface area contributed by atoms with Crippen molar-refractivity contribution in [1.29, 1.82) is 0 Å². The summed E-state index contributed by atoms with van der Waals surface area (Å²) in [6.07, 6.45) is 0.784. The van der Waals surface area contributed by atoms with Crippen molar-refractivity contribution in [2.24, 2.45) is 5.73 Å². The molecule has 0 saturated heterocycles. The fraction of sp³-hybridized carbons (Fsp3) is 0.455. The van der Waals surface area contributed by atoms with Crippen LogP contribution >= 0.6 is 0 Å². The number of hydrogen-bond acceptors (Lipinski definition) is 4. The van der Waals surface area contributed by atoms with E-state index in [4.69, 9.17) is 19.9 Å². The Morgan fingerprint density at radius 3 is 2.73 bits per heavy atom. The predicted octanol–water partition coefficient (Wildman–Crippen LogP) is 1.32. The van der Waals surface area contributed by atoms with Crippen molar-refractivity contribution >= 4 is 0 Å². The van der Waals surface area contributed by atoms with Gasteiger partial charge in [0.05, 0.1) is 6.61 Å². The number of hydrogen-bond donors (Lipinski definition) is 1. The molecule has 0 radical (unpaired) electrons. The molecule has 1 aromatic rings. The highest BCUT2D eigenvalue weighted by atomic mass is 16.7. The number of rotatable bonds is 4. The van der Waals surface area contributed by atoms with Crippen LogP contribution in [0.3, 0.4) is 0 Å². The topological polar surface area (TPSA) is 53.7 Å². The summed E-state index contributed by atoms with van der Waals surface area (Å²) in [6, 6.07) is 3.82. The lowest BCUT2D eigenvalue weighted by atomic mass is 10.1. The molecule has 15 heavy (non-hydrogen) atoms. The second kappa shape index (κ2) is 4.40. The van der Waals surface area contributed by atoms with E-state index in [1.807, 2.05) is 19.1 Å². The summed E-state index contributed by atoms with van der Waals surface area (Å²) in [5.74, 6) is 2.37. The van der Waals surface area contributed by atoms with E-state index in [1.165, 1.54) is 0 Å². The van der Waals surface area contributed by atoms with E-state index in [0.29, 0.717) is 13.2 Å². The van der Waals surface area contributed by atoms with Crippen molar-refractivity contribution in [1.82, 2.24) is 0 Å². The van der Waals surface area contributed by atoms with Gasteiger partial charge in [0.25, 0.3) is 0 Å². The molecule has 1 aliphatic heterocycles. The van der Waals surface area contributed by atoms with Crippen molar-refractivity contribution in [3.63, 3.8) is 0 Å². The van der Waals surface area contributed by atoms with Gasteiger partial charge in [-0.1, -0.05) is 0 Å². The third kappa shape index (κ3) is 1.99. The van der Waals surface area contributed by atoms with Crippen LogP contribution in [0.25, 0.3) is 0 Å². The Morgan fingerprint density at radius 2 is 2.07 bits per heavy atom. The van der Waals surface area contributed by atoms with Crippen molar-refractivity contribution < 1.29 is 14.2 Å². The van der Waals surface area contributed by atoms with Gasteiger partial charge in [-0.25, -0.2) is 0 Å². The first kappa shape index (κ1) is 10.1. The summed E-state index contributed by atoms with van der Waals surface area (Å²) >= 11 is 0. The van der Waals surface area contributed by atoms with E-state index in [-0.39, 0.29) is 6.79 Å². The Labute approximate surface area is 88.9 Å². The third-order valence-electron chi connectivity index (χ3n) is 2.27. The molecule has 1 aromatic carbocycles. The summed E-state index contributed by atoms with van der Waals surface area (Å²) in [5, 5.41) is 0. The average Bonchev–Trinajstić information content (AvgIpc) is 2.66. The second-order valence-electron chi connectivity index (χ2n) is 3.28. The van der Waals surface area contributed by atoms with Crippen LogP contribution in [-0.4, -0.2) is 19.9 Å². The molecule has 82 valence electrons. The normalized spacial score (nSPS) is 12.9. The minimum atomic E-state index is 0.285. The van der Waals surface area contributed by atoms with Gasteiger partial charge in [0.2, 0.25) is 6.79 Å². The van der Waals surface area contributed by atoms with Gasteiger partial charge in [-0.05, 0) is 31.5 Å². The molecule has 0 saturated carbocycles. The fourth-order valence-electron chi connectivity index (χ4n) is 1.61. The molecule has 4 heteroatoms. The maximum atomic E-state index is 5.54. The zero-order valence-electron chi connectivity index (χ0n) is 8.79. The molecule has 4 nitrogen and oxygen atoms in total. The lowest BCUT2D eigenvalue weighted by molar-refractivity contribution is 0.173. The molecule has 2 rings (SSSR count). The van der Waals surface area contributed by atoms with Crippen LogP contribution < -0.4 is 19.9 Å². The van der Waals surface area contributed by atoms with Crippen LogP contribution in [0, 0.1) is 0 Å². The molecule has 0 amide bonds. The van der Waals surface area contributed by atoms with Crippen LogP contribution in [-0.2, 0) is 6.42 Å².